The number of amides is 1. The SMILES string of the molecule is O=C(c1ccc(-c2ccccc2)[nH]1)N1CCCN(c2cccnn2)CC1. The summed E-state index contributed by atoms with van der Waals surface area (Å²) in [7, 11) is 0. The highest BCUT2D eigenvalue weighted by molar-refractivity contribution is 5.93. The van der Waals surface area contributed by atoms with Crippen LogP contribution in [0.25, 0.3) is 11.3 Å². The minimum atomic E-state index is 0.0492. The van der Waals surface area contributed by atoms with Gasteiger partial charge < -0.3 is 14.8 Å². The van der Waals surface area contributed by atoms with Crippen LogP contribution < -0.4 is 4.90 Å². The lowest BCUT2D eigenvalue weighted by molar-refractivity contribution is 0.0762. The van der Waals surface area contributed by atoms with Gasteiger partial charge in [-0.15, -0.1) is 5.10 Å². The monoisotopic (exact) mass is 347 g/mol. The third kappa shape index (κ3) is 3.44. The van der Waals surface area contributed by atoms with Crippen molar-refractivity contribution in [1.29, 1.82) is 0 Å². The van der Waals surface area contributed by atoms with Crippen LogP contribution in [0.2, 0.25) is 0 Å². The van der Waals surface area contributed by atoms with Gasteiger partial charge in [0.05, 0.1) is 0 Å². The Labute approximate surface area is 152 Å². The van der Waals surface area contributed by atoms with Gasteiger partial charge in [-0.05, 0) is 36.2 Å². The molecular weight excluding hydrogens is 326 g/mol. The van der Waals surface area contributed by atoms with E-state index in [1.165, 1.54) is 0 Å². The number of hydrogen-bond acceptors (Lipinski definition) is 4. The zero-order chi connectivity index (χ0) is 17.8. The van der Waals surface area contributed by atoms with E-state index in [4.69, 9.17) is 0 Å². The Morgan fingerprint density at radius 3 is 2.62 bits per heavy atom. The molecule has 4 rings (SSSR count). The highest BCUT2D eigenvalue weighted by Gasteiger charge is 2.22. The Hall–Kier alpha value is -3.15. The van der Waals surface area contributed by atoms with Crippen molar-refractivity contribution < 1.29 is 4.79 Å². The number of nitrogens with one attached hydrogen (secondary N) is 1. The largest absolute Gasteiger partial charge is 0.353 e. The van der Waals surface area contributed by atoms with Gasteiger partial charge in [-0.3, -0.25) is 4.79 Å². The van der Waals surface area contributed by atoms with Crippen LogP contribution in [0, 0.1) is 0 Å². The van der Waals surface area contributed by atoms with E-state index < -0.39 is 0 Å². The molecule has 132 valence electrons. The molecule has 1 aliphatic heterocycles. The second kappa shape index (κ2) is 7.39. The summed E-state index contributed by atoms with van der Waals surface area (Å²) in [6, 6.07) is 17.7. The molecule has 1 amide bonds. The van der Waals surface area contributed by atoms with E-state index in [0.29, 0.717) is 12.2 Å². The number of rotatable bonds is 3. The van der Waals surface area contributed by atoms with E-state index in [1.807, 2.05) is 59.5 Å². The summed E-state index contributed by atoms with van der Waals surface area (Å²) in [6.07, 6.45) is 2.58. The molecule has 6 nitrogen and oxygen atoms in total. The highest BCUT2D eigenvalue weighted by atomic mass is 16.2. The van der Waals surface area contributed by atoms with Gasteiger partial charge in [0.25, 0.3) is 5.91 Å². The van der Waals surface area contributed by atoms with Crippen molar-refractivity contribution in [2.24, 2.45) is 0 Å². The molecule has 1 N–H and O–H groups in total. The molecule has 3 aromatic rings. The Morgan fingerprint density at radius 1 is 0.923 bits per heavy atom. The summed E-state index contributed by atoms with van der Waals surface area (Å²) in [5.74, 6) is 0.918. The normalized spacial score (nSPS) is 14.9. The topological polar surface area (TPSA) is 65.1 Å². The van der Waals surface area contributed by atoms with E-state index >= 15 is 0 Å². The maximum atomic E-state index is 12.9. The molecule has 0 spiro atoms. The van der Waals surface area contributed by atoms with Crippen molar-refractivity contribution in [2.45, 2.75) is 6.42 Å². The van der Waals surface area contributed by atoms with E-state index in [1.54, 1.807) is 6.20 Å². The fraction of sp³-hybridized carbons (Fsp3) is 0.250. The molecule has 1 aromatic carbocycles. The van der Waals surface area contributed by atoms with E-state index in [2.05, 4.69) is 20.1 Å². The summed E-state index contributed by atoms with van der Waals surface area (Å²) < 4.78 is 0. The molecular formula is C20H21N5O. The van der Waals surface area contributed by atoms with Gasteiger partial charge in [0.1, 0.15) is 5.69 Å². The standard InChI is InChI=1S/C20H21N5O/c26-20(18-10-9-17(22-18)16-6-2-1-3-7-16)25-13-5-12-24(14-15-25)19-8-4-11-21-23-19/h1-4,6-11,22H,5,12-15H2. The molecule has 6 heteroatoms. The van der Waals surface area contributed by atoms with Gasteiger partial charge in [-0.1, -0.05) is 30.3 Å². The first-order valence-electron chi connectivity index (χ1n) is 8.87. The molecule has 1 saturated heterocycles. The lowest BCUT2D eigenvalue weighted by Gasteiger charge is -2.22. The van der Waals surface area contributed by atoms with E-state index in [-0.39, 0.29) is 5.91 Å². The van der Waals surface area contributed by atoms with Crippen molar-refractivity contribution in [1.82, 2.24) is 20.1 Å². The zero-order valence-electron chi connectivity index (χ0n) is 14.5. The molecule has 0 aliphatic carbocycles. The number of nitrogens with zero attached hydrogens (tertiary/aromatic N) is 4. The third-order valence-electron chi connectivity index (χ3n) is 4.67. The lowest BCUT2D eigenvalue weighted by atomic mass is 10.2. The fourth-order valence-electron chi connectivity index (χ4n) is 3.29. The molecule has 1 aliphatic rings. The third-order valence-corrected chi connectivity index (χ3v) is 4.67. The van der Waals surface area contributed by atoms with Crippen molar-refractivity contribution in [3.05, 3.63) is 66.5 Å². The number of carbonyl (C=O) groups is 1. The number of carbonyl (C=O) groups excluding carboxylic acids is 1. The lowest BCUT2D eigenvalue weighted by Crippen LogP contribution is -2.35. The van der Waals surface area contributed by atoms with Crippen LogP contribution in [0.5, 0.6) is 0 Å². The van der Waals surface area contributed by atoms with Crippen molar-refractivity contribution in [3.8, 4) is 11.3 Å². The summed E-state index contributed by atoms with van der Waals surface area (Å²) in [5.41, 5.74) is 2.68. The zero-order valence-corrected chi connectivity index (χ0v) is 14.5. The van der Waals surface area contributed by atoms with Crippen molar-refractivity contribution in [2.75, 3.05) is 31.1 Å². The first-order valence-corrected chi connectivity index (χ1v) is 8.87. The molecule has 2 aromatic heterocycles. The summed E-state index contributed by atoms with van der Waals surface area (Å²) in [6.45, 7) is 3.06. The van der Waals surface area contributed by atoms with Crippen LogP contribution in [-0.4, -0.2) is 52.2 Å². The van der Waals surface area contributed by atoms with Gasteiger partial charge in [0, 0.05) is 38.1 Å². The Morgan fingerprint density at radius 2 is 1.81 bits per heavy atom. The van der Waals surface area contributed by atoms with Crippen molar-refractivity contribution in [3.63, 3.8) is 0 Å². The van der Waals surface area contributed by atoms with Crippen LogP contribution in [0.15, 0.2) is 60.8 Å². The predicted octanol–water partition coefficient (Wildman–Crippen LogP) is 2.82. The van der Waals surface area contributed by atoms with Gasteiger partial charge in [0.2, 0.25) is 0 Å². The number of H-pyrrole nitrogens is 1. The van der Waals surface area contributed by atoms with E-state index in [0.717, 1.165) is 43.1 Å². The molecule has 0 saturated carbocycles. The van der Waals surface area contributed by atoms with Gasteiger partial charge in [-0.2, -0.15) is 5.10 Å². The highest BCUT2D eigenvalue weighted by Crippen LogP contribution is 2.19. The number of anilines is 1. The average molecular weight is 347 g/mol. The van der Waals surface area contributed by atoms with Crippen LogP contribution in [0.4, 0.5) is 5.82 Å². The Balaban J connectivity index is 1.45. The molecule has 0 bridgehead atoms. The first-order chi connectivity index (χ1) is 12.8. The Bertz CT molecular complexity index is 862. The summed E-state index contributed by atoms with van der Waals surface area (Å²) in [4.78, 5) is 20.2. The first kappa shape index (κ1) is 16.3. The average Bonchev–Trinajstić information content (AvgIpc) is 3.07. The second-order valence-electron chi connectivity index (χ2n) is 6.37. The van der Waals surface area contributed by atoms with Crippen LogP contribution in [0.3, 0.4) is 0 Å². The number of aromatic amines is 1. The molecule has 1 fully saturated rings. The van der Waals surface area contributed by atoms with Crippen LogP contribution >= 0.6 is 0 Å². The molecule has 26 heavy (non-hydrogen) atoms. The minimum absolute atomic E-state index is 0.0492. The van der Waals surface area contributed by atoms with Crippen LogP contribution in [0.1, 0.15) is 16.9 Å². The maximum Gasteiger partial charge on any atom is 0.270 e. The van der Waals surface area contributed by atoms with Gasteiger partial charge in [-0.25, -0.2) is 0 Å². The number of aromatic nitrogens is 3. The van der Waals surface area contributed by atoms with Crippen molar-refractivity contribution >= 4 is 11.7 Å². The van der Waals surface area contributed by atoms with Gasteiger partial charge in [0.15, 0.2) is 5.82 Å². The maximum absolute atomic E-state index is 12.9. The molecule has 3 heterocycles. The predicted molar refractivity (Wildman–Crippen MR) is 101 cm³/mol. The second-order valence-corrected chi connectivity index (χ2v) is 6.37. The summed E-state index contributed by atoms with van der Waals surface area (Å²) >= 11 is 0. The fourth-order valence-corrected chi connectivity index (χ4v) is 3.29. The Kier molecular flexibility index (Phi) is 4.64. The number of hydrogen-bond donors (Lipinski definition) is 1. The molecule has 0 atom stereocenters. The quantitative estimate of drug-likeness (QED) is 0.791. The molecule has 0 radical (unpaired) electrons. The van der Waals surface area contributed by atoms with Gasteiger partial charge >= 0.3 is 0 Å². The smallest absolute Gasteiger partial charge is 0.270 e. The van der Waals surface area contributed by atoms with E-state index in [9.17, 15) is 4.79 Å². The number of benzene rings is 1. The minimum Gasteiger partial charge on any atom is -0.353 e. The molecule has 0 unspecified atom stereocenters. The summed E-state index contributed by atoms with van der Waals surface area (Å²) in [5, 5.41) is 8.12. The van der Waals surface area contributed by atoms with Crippen LogP contribution in [-0.2, 0) is 0 Å².